The Morgan fingerprint density at radius 3 is 0.467 bits per heavy atom. The minimum atomic E-state index is 0.751. The van der Waals surface area contributed by atoms with Crippen molar-refractivity contribution in [2.24, 2.45) is 0 Å². The van der Waals surface area contributed by atoms with Crippen LogP contribution in [0.2, 0.25) is 0 Å². The molecule has 0 bridgehead atoms. The predicted molar refractivity (Wildman–Crippen MR) is 117 cm³/mol. The van der Waals surface area contributed by atoms with Crippen LogP contribution in [0.15, 0.2) is 0 Å². The van der Waals surface area contributed by atoms with Crippen LogP contribution in [0.3, 0.4) is 0 Å². The molecule has 0 atom stereocenters. The summed E-state index contributed by atoms with van der Waals surface area (Å²) in [6.45, 7) is 10.8. The normalized spacial score (nSPS) is 24.0. The lowest BCUT2D eigenvalue weighted by Gasteiger charge is -2.08. The Labute approximate surface area is 184 Å². The van der Waals surface area contributed by atoms with E-state index < -0.39 is 0 Å². The van der Waals surface area contributed by atoms with Crippen molar-refractivity contribution in [3.05, 3.63) is 0 Å². The highest BCUT2D eigenvalue weighted by Crippen LogP contribution is 1.97. The molecule has 0 amide bonds. The van der Waals surface area contributed by atoms with Crippen molar-refractivity contribution < 1.29 is 33.2 Å². The van der Waals surface area contributed by atoms with Crippen LogP contribution < -0.4 is 0 Å². The molecular formula is C23H46O7. The van der Waals surface area contributed by atoms with Crippen molar-refractivity contribution in [3.8, 4) is 0 Å². The second kappa shape index (κ2) is 25.0. The maximum atomic E-state index is 5.63. The fourth-order valence-electron chi connectivity index (χ4n) is 2.85. The van der Waals surface area contributed by atoms with E-state index in [1.807, 2.05) is 0 Å². The average Bonchev–Trinajstić information content (AvgIpc) is 2.76. The monoisotopic (exact) mass is 434 g/mol. The molecule has 30 heavy (non-hydrogen) atoms. The Morgan fingerprint density at radius 1 is 0.167 bits per heavy atom. The lowest BCUT2D eigenvalue weighted by Crippen LogP contribution is -2.08. The van der Waals surface area contributed by atoms with Gasteiger partial charge in [0, 0.05) is 92.5 Å². The Morgan fingerprint density at radius 2 is 0.300 bits per heavy atom. The highest BCUT2D eigenvalue weighted by molar-refractivity contribution is 4.44. The van der Waals surface area contributed by atoms with Crippen molar-refractivity contribution in [2.75, 3.05) is 92.5 Å². The van der Waals surface area contributed by atoms with Gasteiger partial charge in [-0.05, 0) is 57.8 Å². The molecule has 7 nitrogen and oxygen atoms in total. The van der Waals surface area contributed by atoms with Crippen molar-refractivity contribution in [2.45, 2.75) is 57.8 Å². The van der Waals surface area contributed by atoms with Gasteiger partial charge in [-0.15, -0.1) is 0 Å². The van der Waals surface area contributed by atoms with E-state index in [-0.39, 0.29) is 0 Å². The molecular weight excluding hydrogens is 388 g/mol. The molecule has 1 aliphatic heterocycles. The molecule has 1 rings (SSSR count). The van der Waals surface area contributed by atoms with Gasteiger partial charge in [0.25, 0.3) is 0 Å². The zero-order chi connectivity index (χ0) is 21.2. The van der Waals surface area contributed by atoms with Gasteiger partial charge in [0.15, 0.2) is 0 Å². The van der Waals surface area contributed by atoms with Gasteiger partial charge in [-0.1, -0.05) is 0 Å². The molecule has 0 radical (unpaired) electrons. The fourth-order valence-corrected chi connectivity index (χ4v) is 2.85. The van der Waals surface area contributed by atoms with Gasteiger partial charge in [-0.25, -0.2) is 0 Å². The number of ether oxygens (including phenoxy) is 7. The summed E-state index contributed by atoms with van der Waals surface area (Å²) in [6.07, 6.45) is 8.89. The molecule has 0 aliphatic carbocycles. The molecule has 7 heteroatoms. The van der Waals surface area contributed by atoms with Crippen molar-refractivity contribution in [1.82, 2.24) is 0 Å². The minimum Gasteiger partial charge on any atom is -0.381 e. The van der Waals surface area contributed by atoms with Crippen LogP contribution in [0, 0.1) is 0 Å². The topological polar surface area (TPSA) is 64.6 Å². The van der Waals surface area contributed by atoms with Crippen LogP contribution in [0.4, 0.5) is 0 Å². The zero-order valence-corrected chi connectivity index (χ0v) is 19.1. The highest BCUT2D eigenvalue weighted by Gasteiger charge is 1.97. The maximum Gasteiger partial charge on any atom is 0.0488 e. The molecule has 1 saturated heterocycles. The second-order valence-electron chi connectivity index (χ2n) is 7.47. The van der Waals surface area contributed by atoms with Crippen molar-refractivity contribution in [3.63, 3.8) is 0 Å². The lowest BCUT2D eigenvalue weighted by molar-refractivity contribution is 0.0465. The predicted octanol–water partition coefficient (Wildman–Crippen LogP) is 3.63. The molecule has 1 aliphatic rings. The van der Waals surface area contributed by atoms with E-state index in [1.54, 1.807) is 0 Å². The minimum absolute atomic E-state index is 0.751. The van der Waals surface area contributed by atoms with E-state index in [2.05, 4.69) is 0 Å². The summed E-state index contributed by atoms with van der Waals surface area (Å²) in [6, 6.07) is 0. The Balaban J connectivity index is 2.00. The summed E-state index contributed by atoms with van der Waals surface area (Å²) < 4.78 is 39.3. The summed E-state index contributed by atoms with van der Waals surface area (Å²) in [5.74, 6) is 0. The Bertz CT molecular complexity index is 171. The third-order valence-electron chi connectivity index (χ3n) is 4.54. The lowest BCUT2D eigenvalue weighted by atomic mass is 10.3. The molecule has 0 aromatic rings. The van der Waals surface area contributed by atoms with Gasteiger partial charge in [-0.3, -0.25) is 0 Å². The smallest absolute Gasteiger partial charge is 0.0488 e. The van der Waals surface area contributed by atoms with E-state index in [0.717, 1.165) is 150 Å². The SMILES string of the molecule is C1CCOCCCOCCCOCCCOCCCCOCCCOCCCOC1. The number of rotatable bonds is 0. The molecule has 0 aromatic carbocycles. The van der Waals surface area contributed by atoms with E-state index in [9.17, 15) is 0 Å². The standard InChI is InChI=1S/C23H46O7/c1-3-12-26-16-7-20-29-22-9-23-30-21-8-17-27-13-4-2-11-25-15-6-19-28-18-5-14-24-10-1/h1-23H2. The summed E-state index contributed by atoms with van der Waals surface area (Å²) in [5.41, 5.74) is 0. The molecule has 0 N–H and O–H groups in total. The van der Waals surface area contributed by atoms with Gasteiger partial charge in [0.1, 0.15) is 0 Å². The summed E-state index contributed by atoms with van der Waals surface area (Å²) in [5, 5.41) is 0. The summed E-state index contributed by atoms with van der Waals surface area (Å²) in [7, 11) is 0. The molecule has 0 aromatic heterocycles. The van der Waals surface area contributed by atoms with Crippen LogP contribution in [0.1, 0.15) is 57.8 Å². The van der Waals surface area contributed by atoms with Gasteiger partial charge < -0.3 is 33.2 Å². The van der Waals surface area contributed by atoms with Crippen LogP contribution >= 0.6 is 0 Å². The Hall–Kier alpha value is -0.280. The van der Waals surface area contributed by atoms with Gasteiger partial charge in [-0.2, -0.15) is 0 Å². The van der Waals surface area contributed by atoms with Gasteiger partial charge >= 0.3 is 0 Å². The Kier molecular flexibility index (Phi) is 23.1. The van der Waals surface area contributed by atoms with E-state index in [4.69, 9.17) is 33.2 Å². The molecule has 1 heterocycles. The van der Waals surface area contributed by atoms with Crippen LogP contribution in [-0.4, -0.2) is 92.5 Å². The summed E-state index contributed by atoms with van der Waals surface area (Å²) in [4.78, 5) is 0. The third-order valence-corrected chi connectivity index (χ3v) is 4.54. The average molecular weight is 435 g/mol. The van der Waals surface area contributed by atoms with E-state index in [0.29, 0.717) is 0 Å². The van der Waals surface area contributed by atoms with Crippen molar-refractivity contribution in [1.29, 1.82) is 0 Å². The second-order valence-corrected chi connectivity index (χ2v) is 7.47. The maximum absolute atomic E-state index is 5.63. The van der Waals surface area contributed by atoms with Crippen LogP contribution in [0.25, 0.3) is 0 Å². The largest absolute Gasteiger partial charge is 0.381 e. The van der Waals surface area contributed by atoms with E-state index in [1.165, 1.54) is 0 Å². The zero-order valence-electron chi connectivity index (χ0n) is 19.1. The first-order valence-electron chi connectivity index (χ1n) is 12.0. The van der Waals surface area contributed by atoms with Crippen molar-refractivity contribution >= 4 is 0 Å². The van der Waals surface area contributed by atoms with Crippen LogP contribution in [-0.2, 0) is 33.2 Å². The first-order chi connectivity index (χ1) is 15.0. The van der Waals surface area contributed by atoms with E-state index >= 15 is 0 Å². The first-order valence-corrected chi connectivity index (χ1v) is 12.0. The number of hydrogen-bond acceptors (Lipinski definition) is 7. The fraction of sp³-hybridized carbons (Fsp3) is 1.00. The third kappa shape index (κ3) is 22.4. The quantitative estimate of drug-likeness (QED) is 0.577. The molecule has 0 saturated carbocycles. The molecule has 1 fully saturated rings. The van der Waals surface area contributed by atoms with Gasteiger partial charge in [0.05, 0.1) is 0 Å². The summed E-state index contributed by atoms with van der Waals surface area (Å²) >= 11 is 0. The first kappa shape index (κ1) is 27.8. The number of hydrogen-bond donors (Lipinski definition) is 0. The molecule has 180 valence electrons. The molecule has 0 spiro atoms. The highest BCUT2D eigenvalue weighted by atomic mass is 16.5. The molecule has 0 unspecified atom stereocenters. The van der Waals surface area contributed by atoms with Crippen LogP contribution in [0.5, 0.6) is 0 Å². The van der Waals surface area contributed by atoms with Gasteiger partial charge in [0.2, 0.25) is 0 Å².